The van der Waals surface area contributed by atoms with Gasteiger partial charge in [-0.05, 0) is 39.3 Å². The Kier molecular flexibility index (Phi) is 5.63. The van der Waals surface area contributed by atoms with Crippen molar-refractivity contribution >= 4 is 28.5 Å². The average Bonchev–Trinajstić information content (AvgIpc) is 2.84. The number of hydrogen-bond donors (Lipinski definition) is 2. The second kappa shape index (κ2) is 7.68. The van der Waals surface area contributed by atoms with Crippen molar-refractivity contribution in [3.05, 3.63) is 41.2 Å². The molecule has 0 amide bonds. The fourth-order valence-electron chi connectivity index (χ4n) is 2.37. The van der Waals surface area contributed by atoms with Crippen LogP contribution in [-0.2, 0) is 19.1 Å². The molecule has 6 heteroatoms. The molecule has 24 heavy (non-hydrogen) atoms. The molecule has 0 saturated carbocycles. The van der Waals surface area contributed by atoms with E-state index in [0.717, 1.165) is 27.8 Å². The summed E-state index contributed by atoms with van der Waals surface area (Å²) < 4.78 is 9.83. The predicted molar refractivity (Wildman–Crippen MR) is 92.7 cm³/mol. The topological polar surface area (TPSA) is 80.4 Å². The Morgan fingerprint density at radius 3 is 2.33 bits per heavy atom. The summed E-state index contributed by atoms with van der Waals surface area (Å²) in [5.74, 6) is -1.43. The van der Waals surface area contributed by atoms with Crippen molar-refractivity contribution in [1.82, 2.24) is 4.98 Å². The van der Waals surface area contributed by atoms with Gasteiger partial charge in [0, 0.05) is 17.3 Å². The zero-order valence-corrected chi connectivity index (χ0v) is 14.4. The normalized spacial score (nSPS) is 10.3. The summed E-state index contributed by atoms with van der Waals surface area (Å²) in [6.45, 7) is 7.76. The van der Waals surface area contributed by atoms with E-state index in [9.17, 15) is 9.59 Å². The van der Waals surface area contributed by atoms with E-state index in [2.05, 4.69) is 10.3 Å². The molecule has 128 valence electrons. The lowest BCUT2D eigenvalue weighted by atomic mass is 10.1. The van der Waals surface area contributed by atoms with Crippen LogP contribution in [0.4, 0.5) is 5.69 Å². The van der Waals surface area contributed by atoms with Crippen LogP contribution in [0.2, 0.25) is 0 Å². The van der Waals surface area contributed by atoms with E-state index >= 15 is 0 Å². The zero-order valence-electron chi connectivity index (χ0n) is 14.4. The van der Waals surface area contributed by atoms with Crippen molar-refractivity contribution < 1.29 is 19.1 Å². The quantitative estimate of drug-likeness (QED) is 0.368. The van der Waals surface area contributed by atoms with Gasteiger partial charge in [-0.25, -0.2) is 9.59 Å². The monoisotopic (exact) mass is 330 g/mol. The lowest BCUT2D eigenvalue weighted by Gasteiger charge is -2.08. The molecule has 1 heterocycles. The van der Waals surface area contributed by atoms with E-state index < -0.39 is 11.9 Å². The molecule has 0 bridgehead atoms. The minimum Gasteiger partial charge on any atom is -0.462 e. The van der Waals surface area contributed by atoms with Crippen LogP contribution in [0.15, 0.2) is 30.0 Å². The number of hydrogen-bond acceptors (Lipinski definition) is 5. The van der Waals surface area contributed by atoms with Crippen molar-refractivity contribution in [2.24, 2.45) is 0 Å². The molecule has 0 aliphatic heterocycles. The van der Waals surface area contributed by atoms with Gasteiger partial charge in [-0.15, -0.1) is 0 Å². The standard InChI is InChI=1S/C18H22N2O4/c1-5-23-17(21)14(18(22)24-6-2)10-19-15-9-7-8-13-11(3)12(4)20-16(13)15/h7-10,19-20H,5-6H2,1-4H3. The van der Waals surface area contributed by atoms with Crippen molar-refractivity contribution in [1.29, 1.82) is 0 Å². The van der Waals surface area contributed by atoms with Gasteiger partial charge in [-0.2, -0.15) is 0 Å². The Labute approximate surface area is 140 Å². The molecule has 0 unspecified atom stereocenters. The van der Waals surface area contributed by atoms with Gasteiger partial charge in [0.05, 0.1) is 24.4 Å². The van der Waals surface area contributed by atoms with Gasteiger partial charge >= 0.3 is 11.9 Å². The molecule has 0 fully saturated rings. The highest BCUT2D eigenvalue weighted by Gasteiger charge is 2.21. The number of aryl methyl sites for hydroxylation is 2. The summed E-state index contributed by atoms with van der Waals surface area (Å²) in [7, 11) is 0. The van der Waals surface area contributed by atoms with Crippen LogP contribution in [0.1, 0.15) is 25.1 Å². The fraction of sp³-hybridized carbons (Fsp3) is 0.333. The molecular formula is C18H22N2O4. The van der Waals surface area contributed by atoms with Crippen LogP contribution < -0.4 is 5.32 Å². The summed E-state index contributed by atoms with van der Waals surface area (Å²) in [6.07, 6.45) is 1.33. The number of carbonyl (C=O) groups excluding carboxylic acids is 2. The van der Waals surface area contributed by atoms with Crippen molar-refractivity contribution in [2.45, 2.75) is 27.7 Å². The highest BCUT2D eigenvalue weighted by Crippen LogP contribution is 2.27. The molecule has 0 saturated heterocycles. The van der Waals surface area contributed by atoms with E-state index in [0.29, 0.717) is 0 Å². The summed E-state index contributed by atoms with van der Waals surface area (Å²) >= 11 is 0. The van der Waals surface area contributed by atoms with Crippen LogP contribution in [0.3, 0.4) is 0 Å². The molecule has 6 nitrogen and oxygen atoms in total. The van der Waals surface area contributed by atoms with E-state index in [1.165, 1.54) is 6.20 Å². The van der Waals surface area contributed by atoms with Gasteiger partial charge in [0.25, 0.3) is 0 Å². The molecule has 0 aliphatic carbocycles. The van der Waals surface area contributed by atoms with E-state index in [4.69, 9.17) is 9.47 Å². The first-order valence-corrected chi connectivity index (χ1v) is 7.88. The maximum absolute atomic E-state index is 12.0. The minimum atomic E-state index is -0.713. The molecule has 2 rings (SSSR count). The van der Waals surface area contributed by atoms with E-state index in [1.807, 2.05) is 32.0 Å². The van der Waals surface area contributed by atoms with Crippen molar-refractivity contribution in [3.63, 3.8) is 0 Å². The van der Waals surface area contributed by atoms with Gasteiger partial charge in [0.1, 0.15) is 0 Å². The largest absolute Gasteiger partial charge is 0.462 e. The van der Waals surface area contributed by atoms with Gasteiger partial charge in [-0.3, -0.25) is 0 Å². The third-order valence-corrected chi connectivity index (χ3v) is 3.71. The fourth-order valence-corrected chi connectivity index (χ4v) is 2.37. The highest BCUT2D eigenvalue weighted by molar-refractivity contribution is 6.14. The third-order valence-electron chi connectivity index (χ3n) is 3.71. The molecule has 2 N–H and O–H groups in total. The third kappa shape index (κ3) is 3.59. The lowest BCUT2D eigenvalue weighted by Crippen LogP contribution is -2.19. The van der Waals surface area contributed by atoms with Gasteiger partial charge in [0.15, 0.2) is 5.57 Å². The van der Waals surface area contributed by atoms with Gasteiger partial charge in [-0.1, -0.05) is 12.1 Å². The highest BCUT2D eigenvalue weighted by atomic mass is 16.6. The second-order valence-corrected chi connectivity index (χ2v) is 5.25. The van der Waals surface area contributed by atoms with E-state index in [1.54, 1.807) is 13.8 Å². The first-order chi connectivity index (χ1) is 11.5. The second-order valence-electron chi connectivity index (χ2n) is 5.25. The molecule has 1 aromatic heterocycles. The summed E-state index contributed by atoms with van der Waals surface area (Å²) in [5.41, 5.74) is 3.73. The van der Waals surface area contributed by atoms with Crippen molar-refractivity contribution in [3.8, 4) is 0 Å². The number of ether oxygens (including phenoxy) is 2. The number of para-hydroxylation sites is 1. The molecule has 2 aromatic rings. The maximum atomic E-state index is 12.0. The summed E-state index contributed by atoms with van der Waals surface area (Å²) in [4.78, 5) is 27.2. The maximum Gasteiger partial charge on any atom is 0.347 e. The number of anilines is 1. The Morgan fingerprint density at radius 1 is 1.12 bits per heavy atom. The van der Waals surface area contributed by atoms with Crippen molar-refractivity contribution in [2.75, 3.05) is 18.5 Å². The minimum absolute atomic E-state index is 0.171. The smallest absolute Gasteiger partial charge is 0.347 e. The van der Waals surface area contributed by atoms with E-state index in [-0.39, 0.29) is 18.8 Å². The molecule has 0 radical (unpaired) electrons. The first-order valence-electron chi connectivity index (χ1n) is 7.88. The Morgan fingerprint density at radius 2 is 1.75 bits per heavy atom. The van der Waals surface area contributed by atoms with Gasteiger partial charge in [0.2, 0.25) is 0 Å². The molecule has 1 aromatic carbocycles. The Hall–Kier alpha value is -2.76. The number of rotatable bonds is 6. The van der Waals surface area contributed by atoms with Crippen LogP contribution in [0.25, 0.3) is 10.9 Å². The lowest BCUT2D eigenvalue weighted by molar-refractivity contribution is -0.146. The number of esters is 2. The number of aromatic amines is 1. The summed E-state index contributed by atoms with van der Waals surface area (Å²) in [6, 6.07) is 5.79. The number of benzene rings is 1. The number of carbonyl (C=O) groups is 2. The number of H-pyrrole nitrogens is 1. The number of nitrogens with one attached hydrogen (secondary N) is 2. The van der Waals surface area contributed by atoms with Crippen LogP contribution >= 0.6 is 0 Å². The Balaban J connectivity index is 2.36. The number of aromatic nitrogens is 1. The summed E-state index contributed by atoms with van der Waals surface area (Å²) in [5, 5.41) is 4.10. The molecular weight excluding hydrogens is 308 g/mol. The van der Waals surface area contributed by atoms with Crippen LogP contribution in [-0.4, -0.2) is 30.1 Å². The molecule has 0 atom stereocenters. The van der Waals surface area contributed by atoms with Crippen LogP contribution in [0, 0.1) is 13.8 Å². The zero-order chi connectivity index (χ0) is 17.7. The Bertz CT molecular complexity index is 770. The molecule has 0 spiro atoms. The first kappa shape index (κ1) is 17.6. The predicted octanol–water partition coefficient (Wildman–Crippen LogP) is 3.21. The SMILES string of the molecule is CCOC(=O)C(=CNc1cccc2c(C)c(C)[nH]c12)C(=O)OCC. The van der Waals surface area contributed by atoms with Gasteiger partial charge < -0.3 is 19.8 Å². The molecule has 0 aliphatic rings. The average molecular weight is 330 g/mol. The number of fused-ring (bicyclic) bond motifs is 1. The van der Waals surface area contributed by atoms with Crippen LogP contribution in [0.5, 0.6) is 0 Å².